The van der Waals surface area contributed by atoms with Crippen molar-refractivity contribution in [3.05, 3.63) is 24.3 Å². The van der Waals surface area contributed by atoms with Crippen LogP contribution in [0, 0.1) is 11.8 Å². The molecule has 1 saturated carbocycles. The molecule has 1 aromatic carbocycles. The van der Waals surface area contributed by atoms with Gasteiger partial charge in [-0.3, -0.25) is 0 Å². The molecule has 118 valence electrons. The van der Waals surface area contributed by atoms with Gasteiger partial charge in [0, 0.05) is 12.6 Å². The first-order valence-electron chi connectivity index (χ1n) is 7.79. The first-order chi connectivity index (χ1) is 9.94. The highest BCUT2D eigenvalue weighted by Crippen LogP contribution is 2.30. The Labute approximate surface area is 128 Å². The number of hydrogen-bond donors (Lipinski definition) is 2. The van der Waals surface area contributed by atoms with Crippen LogP contribution < -0.4 is 10.0 Å². The Kier molecular flexibility index (Phi) is 5.27. The minimum atomic E-state index is -3.48. The molecule has 0 amide bonds. The quantitative estimate of drug-likeness (QED) is 0.878. The summed E-state index contributed by atoms with van der Waals surface area (Å²) in [6, 6.07) is 7.13. The Bertz CT molecular complexity index is 571. The lowest BCUT2D eigenvalue weighted by molar-refractivity contribution is 0.249. The Balaban J connectivity index is 2.19. The number of nitrogens with one attached hydrogen (secondary N) is 2. The Morgan fingerprint density at radius 2 is 1.90 bits per heavy atom. The largest absolute Gasteiger partial charge is 0.384 e. The van der Waals surface area contributed by atoms with Gasteiger partial charge in [0.2, 0.25) is 10.0 Å². The van der Waals surface area contributed by atoms with Gasteiger partial charge in [0.15, 0.2) is 0 Å². The first-order valence-corrected chi connectivity index (χ1v) is 9.27. The highest BCUT2D eigenvalue weighted by atomic mass is 32.2. The van der Waals surface area contributed by atoms with Gasteiger partial charge in [-0.25, -0.2) is 13.1 Å². The average molecular weight is 310 g/mol. The van der Waals surface area contributed by atoms with E-state index in [-0.39, 0.29) is 6.04 Å². The number of anilines is 1. The highest BCUT2D eigenvalue weighted by molar-refractivity contribution is 7.89. The van der Waals surface area contributed by atoms with Crippen molar-refractivity contribution in [1.82, 2.24) is 4.72 Å². The standard InChI is InChI=1S/C16H26N2O2S/c1-4-17-15-7-5-6-8-16(15)21(19,20)18-14-10-9-12(2)11-13(14)3/h5-8,12-14,17-18H,4,9-11H2,1-3H3. The van der Waals surface area contributed by atoms with Crippen molar-refractivity contribution >= 4 is 15.7 Å². The first kappa shape index (κ1) is 16.3. The molecule has 0 spiro atoms. The molecule has 4 nitrogen and oxygen atoms in total. The van der Waals surface area contributed by atoms with Crippen LogP contribution in [0.5, 0.6) is 0 Å². The maximum absolute atomic E-state index is 12.7. The van der Waals surface area contributed by atoms with Gasteiger partial charge in [0.25, 0.3) is 0 Å². The fourth-order valence-electron chi connectivity index (χ4n) is 3.14. The molecule has 0 aliphatic heterocycles. The SMILES string of the molecule is CCNc1ccccc1S(=O)(=O)NC1CCC(C)CC1C. The van der Waals surface area contributed by atoms with Gasteiger partial charge in [0.1, 0.15) is 4.90 Å². The molecule has 2 N–H and O–H groups in total. The van der Waals surface area contributed by atoms with E-state index in [9.17, 15) is 8.42 Å². The third-order valence-corrected chi connectivity index (χ3v) is 5.83. The predicted molar refractivity (Wildman–Crippen MR) is 86.9 cm³/mol. The van der Waals surface area contributed by atoms with E-state index >= 15 is 0 Å². The van der Waals surface area contributed by atoms with Crippen molar-refractivity contribution in [3.63, 3.8) is 0 Å². The second-order valence-corrected chi connectivity index (χ2v) is 7.83. The van der Waals surface area contributed by atoms with E-state index in [1.165, 1.54) is 0 Å². The van der Waals surface area contributed by atoms with Crippen molar-refractivity contribution in [3.8, 4) is 0 Å². The van der Waals surface area contributed by atoms with E-state index in [4.69, 9.17) is 0 Å². The lowest BCUT2D eigenvalue weighted by Gasteiger charge is -2.33. The third-order valence-electron chi connectivity index (χ3n) is 4.28. The average Bonchev–Trinajstić information content (AvgIpc) is 2.43. The second kappa shape index (κ2) is 6.79. The molecule has 0 bridgehead atoms. The zero-order valence-electron chi connectivity index (χ0n) is 13.1. The van der Waals surface area contributed by atoms with E-state index in [1.807, 2.05) is 19.1 Å². The van der Waals surface area contributed by atoms with Gasteiger partial charge < -0.3 is 5.32 Å². The van der Waals surface area contributed by atoms with Crippen molar-refractivity contribution in [2.24, 2.45) is 11.8 Å². The maximum atomic E-state index is 12.7. The van der Waals surface area contributed by atoms with Gasteiger partial charge in [-0.05, 0) is 50.2 Å². The lowest BCUT2D eigenvalue weighted by Crippen LogP contribution is -2.42. The van der Waals surface area contributed by atoms with Gasteiger partial charge >= 0.3 is 0 Å². The highest BCUT2D eigenvalue weighted by Gasteiger charge is 2.30. The molecule has 5 heteroatoms. The van der Waals surface area contributed by atoms with Gasteiger partial charge in [-0.1, -0.05) is 26.0 Å². The summed E-state index contributed by atoms with van der Waals surface area (Å²) < 4.78 is 28.3. The molecule has 0 aromatic heterocycles. The van der Waals surface area contributed by atoms with Crippen molar-refractivity contribution in [2.75, 3.05) is 11.9 Å². The summed E-state index contributed by atoms with van der Waals surface area (Å²) in [4.78, 5) is 0.345. The van der Waals surface area contributed by atoms with Crippen molar-refractivity contribution < 1.29 is 8.42 Å². The van der Waals surface area contributed by atoms with E-state index in [0.29, 0.717) is 29.0 Å². The van der Waals surface area contributed by atoms with E-state index in [0.717, 1.165) is 19.3 Å². The molecule has 1 aliphatic carbocycles. The summed E-state index contributed by atoms with van der Waals surface area (Å²) in [5, 5.41) is 3.12. The lowest BCUT2D eigenvalue weighted by atomic mass is 9.80. The van der Waals surface area contributed by atoms with Crippen LogP contribution >= 0.6 is 0 Å². The molecule has 21 heavy (non-hydrogen) atoms. The molecule has 0 heterocycles. The van der Waals surface area contributed by atoms with Gasteiger partial charge in [0.05, 0.1) is 5.69 Å². The van der Waals surface area contributed by atoms with E-state index in [1.54, 1.807) is 12.1 Å². The molecule has 3 unspecified atom stereocenters. The molecular formula is C16H26N2O2S. The number of hydrogen-bond acceptors (Lipinski definition) is 3. The zero-order chi connectivity index (χ0) is 15.5. The zero-order valence-corrected chi connectivity index (χ0v) is 13.9. The molecular weight excluding hydrogens is 284 g/mol. The van der Waals surface area contributed by atoms with Crippen LogP contribution in [0.4, 0.5) is 5.69 Å². The topological polar surface area (TPSA) is 58.2 Å². The number of rotatable bonds is 5. The minimum Gasteiger partial charge on any atom is -0.384 e. The van der Waals surface area contributed by atoms with Crippen LogP contribution in [0.15, 0.2) is 29.2 Å². The molecule has 1 aromatic rings. The number of para-hydroxylation sites is 1. The summed E-state index contributed by atoms with van der Waals surface area (Å²) in [5.74, 6) is 1.07. The third kappa shape index (κ3) is 3.98. The van der Waals surface area contributed by atoms with Crippen LogP contribution in [0.25, 0.3) is 0 Å². The second-order valence-electron chi connectivity index (χ2n) is 6.15. The molecule has 2 rings (SSSR count). The smallest absolute Gasteiger partial charge is 0.242 e. The summed E-state index contributed by atoms with van der Waals surface area (Å²) >= 11 is 0. The minimum absolute atomic E-state index is 0.0425. The summed E-state index contributed by atoms with van der Waals surface area (Å²) in [6.07, 6.45) is 3.10. The summed E-state index contributed by atoms with van der Waals surface area (Å²) in [6.45, 7) is 7.03. The fraction of sp³-hybridized carbons (Fsp3) is 0.625. The van der Waals surface area contributed by atoms with Crippen LogP contribution in [-0.2, 0) is 10.0 Å². The summed E-state index contributed by atoms with van der Waals surface area (Å²) in [7, 11) is -3.48. The van der Waals surface area contributed by atoms with Crippen LogP contribution in [0.2, 0.25) is 0 Å². The van der Waals surface area contributed by atoms with Crippen LogP contribution in [0.3, 0.4) is 0 Å². The predicted octanol–water partition coefficient (Wildman–Crippen LogP) is 3.22. The van der Waals surface area contributed by atoms with E-state index in [2.05, 4.69) is 23.9 Å². The normalized spacial score (nSPS) is 26.5. The van der Waals surface area contributed by atoms with Crippen LogP contribution in [0.1, 0.15) is 40.0 Å². The van der Waals surface area contributed by atoms with Crippen molar-refractivity contribution in [2.45, 2.75) is 51.0 Å². The number of sulfonamides is 1. The van der Waals surface area contributed by atoms with Gasteiger partial charge in [-0.15, -0.1) is 0 Å². The monoisotopic (exact) mass is 310 g/mol. The fourth-order valence-corrected chi connectivity index (χ4v) is 4.70. The van der Waals surface area contributed by atoms with Gasteiger partial charge in [-0.2, -0.15) is 0 Å². The maximum Gasteiger partial charge on any atom is 0.242 e. The van der Waals surface area contributed by atoms with E-state index < -0.39 is 10.0 Å². The number of benzene rings is 1. The Morgan fingerprint density at radius 3 is 2.57 bits per heavy atom. The molecule has 0 radical (unpaired) electrons. The summed E-state index contributed by atoms with van der Waals surface area (Å²) in [5.41, 5.74) is 0.671. The Morgan fingerprint density at radius 1 is 1.19 bits per heavy atom. The molecule has 0 saturated heterocycles. The van der Waals surface area contributed by atoms with Crippen LogP contribution in [-0.4, -0.2) is 21.0 Å². The Hall–Kier alpha value is -1.07. The molecule has 3 atom stereocenters. The molecule has 1 aliphatic rings. The van der Waals surface area contributed by atoms with Crippen molar-refractivity contribution in [1.29, 1.82) is 0 Å². The molecule has 1 fully saturated rings.